The first-order valence-electron chi connectivity index (χ1n) is 11.6. The molecule has 2 aromatic heterocycles. The van der Waals surface area contributed by atoms with Crippen LogP contribution in [0.4, 0.5) is 17.2 Å². The molecule has 0 aliphatic heterocycles. The lowest BCUT2D eigenvalue weighted by Crippen LogP contribution is -2.19. The number of halogens is 1. The monoisotopic (exact) mass is 587 g/mol. The molecule has 0 spiro atoms. The van der Waals surface area contributed by atoms with Crippen LogP contribution >= 0.6 is 22.6 Å². The molecule has 11 heteroatoms. The predicted octanol–water partition coefficient (Wildman–Crippen LogP) is 4.07. The normalized spacial score (nSPS) is 19.4. The topological polar surface area (TPSA) is 137 Å². The number of alkyl halides is 1. The second kappa shape index (κ2) is 9.80. The van der Waals surface area contributed by atoms with Crippen LogP contribution in [0.3, 0.4) is 0 Å². The van der Waals surface area contributed by atoms with Gasteiger partial charge < -0.3 is 21.1 Å². The fourth-order valence-electron chi connectivity index (χ4n) is 4.38. The van der Waals surface area contributed by atoms with Crippen molar-refractivity contribution < 1.29 is 14.3 Å². The van der Waals surface area contributed by atoms with Gasteiger partial charge in [0.15, 0.2) is 11.5 Å². The first-order valence-corrected chi connectivity index (χ1v) is 12.8. The van der Waals surface area contributed by atoms with Crippen molar-refractivity contribution in [2.24, 2.45) is 11.7 Å². The Morgan fingerprint density at radius 2 is 2.00 bits per heavy atom. The summed E-state index contributed by atoms with van der Waals surface area (Å²) < 4.78 is 8.38. The van der Waals surface area contributed by atoms with Gasteiger partial charge in [0, 0.05) is 33.2 Å². The van der Waals surface area contributed by atoms with Crippen molar-refractivity contribution in [1.29, 1.82) is 0 Å². The molecule has 5 rings (SSSR count). The van der Waals surface area contributed by atoms with E-state index < -0.39 is 5.91 Å². The summed E-state index contributed by atoms with van der Waals surface area (Å²) >= 11 is 2.51. The van der Waals surface area contributed by atoms with Crippen LogP contribution < -0.4 is 21.1 Å². The molecule has 2 atom stereocenters. The molecule has 2 aliphatic rings. The molecule has 2 aliphatic carbocycles. The molecule has 0 radical (unpaired) electrons. The zero-order valence-corrected chi connectivity index (χ0v) is 21.4. The summed E-state index contributed by atoms with van der Waals surface area (Å²) in [6.07, 6.45) is 9.16. The number of nitrogens with one attached hydrogen (secondary N) is 2. The van der Waals surface area contributed by atoms with E-state index in [0.717, 1.165) is 30.4 Å². The molecular formula is C24H26IN7O3. The van der Waals surface area contributed by atoms with E-state index in [9.17, 15) is 9.59 Å². The molecule has 4 N–H and O–H groups in total. The Labute approximate surface area is 216 Å². The molecule has 182 valence electrons. The van der Waals surface area contributed by atoms with Gasteiger partial charge in [0.1, 0.15) is 5.75 Å². The summed E-state index contributed by atoms with van der Waals surface area (Å²) in [5, 5.41) is 18.5. The molecule has 1 unspecified atom stereocenters. The quantitative estimate of drug-likeness (QED) is 0.267. The van der Waals surface area contributed by atoms with E-state index >= 15 is 0 Å². The Kier molecular flexibility index (Phi) is 6.58. The Bertz CT molecular complexity index is 1270. The van der Waals surface area contributed by atoms with Crippen LogP contribution in [0.2, 0.25) is 0 Å². The first-order chi connectivity index (χ1) is 16.9. The van der Waals surface area contributed by atoms with Crippen LogP contribution in [-0.2, 0) is 4.79 Å². The third-order valence-corrected chi connectivity index (χ3v) is 7.82. The summed E-state index contributed by atoms with van der Waals surface area (Å²) in [4.78, 5) is 24.2. The third-order valence-electron chi connectivity index (χ3n) is 6.36. The second-order valence-corrected chi connectivity index (χ2v) is 10.5. The Morgan fingerprint density at radius 3 is 2.69 bits per heavy atom. The molecular weight excluding hydrogens is 561 g/mol. The molecule has 1 aromatic carbocycles. The van der Waals surface area contributed by atoms with Gasteiger partial charge in [-0.15, -0.1) is 10.2 Å². The minimum atomic E-state index is -0.735. The van der Waals surface area contributed by atoms with Crippen molar-refractivity contribution in [2.45, 2.75) is 42.1 Å². The van der Waals surface area contributed by atoms with E-state index in [4.69, 9.17) is 10.5 Å². The zero-order valence-electron chi connectivity index (χ0n) is 19.2. The summed E-state index contributed by atoms with van der Waals surface area (Å²) in [5.74, 6) is -0.00417. The number of benzene rings is 1. The highest BCUT2D eigenvalue weighted by atomic mass is 127. The molecule has 3 aromatic rings. The lowest BCUT2D eigenvalue weighted by molar-refractivity contribution is -0.117. The van der Waals surface area contributed by atoms with E-state index in [1.54, 1.807) is 13.2 Å². The average molecular weight is 587 g/mol. The van der Waals surface area contributed by atoms with Gasteiger partial charge in [-0.2, -0.15) is 5.10 Å². The maximum absolute atomic E-state index is 12.2. The highest BCUT2D eigenvalue weighted by Crippen LogP contribution is 2.40. The Balaban J connectivity index is 1.46. The van der Waals surface area contributed by atoms with Gasteiger partial charge in [-0.05, 0) is 31.7 Å². The Hall–Kier alpha value is -3.22. The lowest BCUT2D eigenvalue weighted by atomic mass is 10.1. The molecule has 35 heavy (non-hydrogen) atoms. The molecule has 2 saturated carbocycles. The SMILES string of the molecule is COc1c(Nc2cc(NC(=O)C3CC3)nnc2C(N)=O)cccc1-c1cnn([C@H]2CCCC2I)c1. The van der Waals surface area contributed by atoms with E-state index in [2.05, 4.69) is 54.7 Å². The first kappa shape index (κ1) is 23.5. The summed E-state index contributed by atoms with van der Waals surface area (Å²) in [7, 11) is 1.59. The van der Waals surface area contributed by atoms with Crippen molar-refractivity contribution in [1.82, 2.24) is 20.0 Å². The van der Waals surface area contributed by atoms with Crippen LogP contribution in [-0.4, -0.2) is 42.8 Å². The number of carbonyl (C=O) groups is 2. The number of methoxy groups -OCH3 is 1. The fourth-order valence-corrected chi connectivity index (χ4v) is 5.51. The van der Waals surface area contributed by atoms with E-state index in [1.807, 2.05) is 29.1 Å². The lowest BCUT2D eigenvalue weighted by Gasteiger charge is -2.16. The standard InChI is InChI=1S/C24H26IN7O3/c1-35-22-15(14-11-27-32(12-14)19-7-3-5-16(19)25)4-2-6-17(22)28-18-10-20(29-24(34)13-8-9-13)30-31-21(18)23(26)33/h2,4,6,10-13,16,19H,3,5,7-9H2,1H3,(H2,26,33)(H2,28,29,30,34)/t16?,19-/m0/s1. The van der Waals surface area contributed by atoms with Gasteiger partial charge in [-0.1, -0.05) is 41.1 Å². The summed E-state index contributed by atoms with van der Waals surface area (Å²) in [6, 6.07) is 7.63. The zero-order chi connectivity index (χ0) is 24.5. The van der Waals surface area contributed by atoms with Crippen LogP contribution in [0.5, 0.6) is 5.75 Å². The van der Waals surface area contributed by atoms with Gasteiger partial charge in [-0.3, -0.25) is 14.3 Å². The van der Waals surface area contributed by atoms with Crippen molar-refractivity contribution in [3.8, 4) is 16.9 Å². The van der Waals surface area contributed by atoms with Gasteiger partial charge >= 0.3 is 0 Å². The summed E-state index contributed by atoms with van der Waals surface area (Å²) in [6.45, 7) is 0. The van der Waals surface area contributed by atoms with Gasteiger partial charge in [0.2, 0.25) is 5.91 Å². The van der Waals surface area contributed by atoms with Gasteiger partial charge in [0.05, 0.1) is 30.7 Å². The number of ether oxygens (including phenoxy) is 1. The number of hydrogen-bond donors (Lipinski definition) is 3. The molecule has 2 heterocycles. The number of aromatic nitrogens is 4. The number of nitrogens with zero attached hydrogens (tertiary/aromatic N) is 4. The van der Waals surface area contributed by atoms with Crippen molar-refractivity contribution in [3.63, 3.8) is 0 Å². The van der Waals surface area contributed by atoms with Crippen LogP contribution in [0.1, 0.15) is 48.6 Å². The number of amides is 2. The maximum atomic E-state index is 12.2. The highest BCUT2D eigenvalue weighted by Gasteiger charge is 2.30. The number of para-hydroxylation sites is 1. The van der Waals surface area contributed by atoms with Gasteiger partial charge in [-0.25, -0.2) is 0 Å². The van der Waals surface area contributed by atoms with Crippen LogP contribution in [0.15, 0.2) is 36.7 Å². The molecule has 2 amide bonds. The Morgan fingerprint density at radius 1 is 1.17 bits per heavy atom. The minimum absolute atomic E-state index is 0.00781. The number of nitrogens with two attached hydrogens (primary N) is 1. The van der Waals surface area contributed by atoms with Crippen LogP contribution in [0, 0.1) is 5.92 Å². The maximum Gasteiger partial charge on any atom is 0.271 e. The average Bonchev–Trinajstić information content (AvgIpc) is 3.44. The smallest absolute Gasteiger partial charge is 0.271 e. The second-order valence-electron chi connectivity index (χ2n) is 8.85. The molecule has 0 saturated heterocycles. The number of carbonyl (C=O) groups excluding carboxylic acids is 2. The van der Waals surface area contributed by atoms with E-state index in [1.165, 1.54) is 12.8 Å². The van der Waals surface area contributed by atoms with E-state index in [-0.39, 0.29) is 23.3 Å². The molecule has 0 bridgehead atoms. The van der Waals surface area contributed by atoms with Crippen molar-refractivity contribution >= 4 is 51.6 Å². The predicted molar refractivity (Wildman–Crippen MR) is 140 cm³/mol. The minimum Gasteiger partial charge on any atom is -0.494 e. The number of hydrogen-bond acceptors (Lipinski definition) is 7. The fraction of sp³-hybridized carbons (Fsp3) is 0.375. The van der Waals surface area contributed by atoms with Gasteiger partial charge in [0.25, 0.3) is 5.91 Å². The largest absolute Gasteiger partial charge is 0.494 e. The number of primary amides is 1. The third kappa shape index (κ3) is 4.95. The molecule has 2 fully saturated rings. The van der Waals surface area contributed by atoms with E-state index in [0.29, 0.717) is 27.1 Å². The number of anilines is 3. The van der Waals surface area contributed by atoms with Crippen molar-refractivity contribution in [2.75, 3.05) is 17.7 Å². The van der Waals surface area contributed by atoms with Crippen molar-refractivity contribution in [3.05, 3.63) is 42.4 Å². The summed E-state index contributed by atoms with van der Waals surface area (Å²) in [5.41, 5.74) is 8.22. The molecule has 10 nitrogen and oxygen atoms in total. The number of rotatable bonds is 8. The van der Waals surface area contributed by atoms with Crippen LogP contribution in [0.25, 0.3) is 11.1 Å². The highest BCUT2D eigenvalue weighted by molar-refractivity contribution is 14.1.